The van der Waals surface area contributed by atoms with Crippen LogP contribution in [0.15, 0.2) is 53.1 Å². The maximum atomic E-state index is 6.10. The fraction of sp³-hybridized carbons (Fsp3) is 0.190. The van der Waals surface area contributed by atoms with E-state index in [9.17, 15) is 0 Å². The summed E-state index contributed by atoms with van der Waals surface area (Å²) in [6, 6.07) is 15.4. The Kier molecular flexibility index (Phi) is 4.88. The predicted octanol–water partition coefficient (Wildman–Crippen LogP) is 4.93. The van der Waals surface area contributed by atoms with Gasteiger partial charge in [0.1, 0.15) is 5.75 Å². The molecule has 6 nitrogen and oxygen atoms in total. The Morgan fingerprint density at radius 1 is 1.07 bits per heavy atom. The summed E-state index contributed by atoms with van der Waals surface area (Å²) in [7, 11) is 1.59. The zero-order chi connectivity index (χ0) is 19.7. The molecule has 28 heavy (non-hydrogen) atoms. The number of rotatable bonds is 5. The Morgan fingerprint density at radius 3 is 2.54 bits per heavy atom. The average molecular weight is 395 g/mol. The topological polar surface area (TPSA) is 66.0 Å². The number of benzene rings is 2. The highest BCUT2D eigenvalue weighted by Gasteiger charge is 2.15. The highest BCUT2D eigenvalue weighted by Crippen LogP contribution is 2.32. The third-order valence-corrected chi connectivity index (χ3v) is 4.70. The van der Waals surface area contributed by atoms with Crippen LogP contribution in [0.5, 0.6) is 5.75 Å². The molecule has 0 aliphatic heterocycles. The van der Waals surface area contributed by atoms with Crippen LogP contribution in [0, 0.1) is 13.8 Å². The van der Waals surface area contributed by atoms with Crippen LogP contribution in [0.1, 0.15) is 17.0 Å². The van der Waals surface area contributed by atoms with E-state index in [1.54, 1.807) is 25.3 Å². The molecule has 0 aliphatic carbocycles. The van der Waals surface area contributed by atoms with Gasteiger partial charge >= 0.3 is 0 Å². The van der Waals surface area contributed by atoms with Gasteiger partial charge in [0, 0.05) is 16.3 Å². The van der Waals surface area contributed by atoms with Crippen molar-refractivity contribution in [3.8, 4) is 28.6 Å². The summed E-state index contributed by atoms with van der Waals surface area (Å²) in [5.74, 6) is 1.51. The van der Waals surface area contributed by atoms with Crippen molar-refractivity contribution in [2.24, 2.45) is 0 Å². The Hall–Kier alpha value is -3.12. The van der Waals surface area contributed by atoms with Crippen molar-refractivity contribution >= 4 is 11.6 Å². The molecule has 4 aromatic rings. The lowest BCUT2D eigenvalue weighted by Crippen LogP contribution is -2.03. The predicted molar refractivity (Wildman–Crippen MR) is 108 cm³/mol. The Bertz CT molecular complexity index is 1120. The normalized spacial score (nSPS) is 11.0. The van der Waals surface area contributed by atoms with E-state index in [4.69, 9.17) is 20.9 Å². The second-order valence-electron chi connectivity index (χ2n) is 6.55. The fourth-order valence-electron chi connectivity index (χ4n) is 3.07. The van der Waals surface area contributed by atoms with Gasteiger partial charge in [-0.2, -0.15) is 10.1 Å². The van der Waals surface area contributed by atoms with Crippen molar-refractivity contribution in [1.29, 1.82) is 0 Å². The number of methoxy groups -OCH3 is 1. The average Bonchev–Trinajstić information content (AvgIpc) is 3.29. The number of ether oxygens (including phenoxy) is 1. The number of hydrogen-bond donors (Lipinski definition) is 0. The van der Waals surface area contributed by atoms with Crippen molar-refractivity contribution in [3.63, 3.8) is 0 Å². The standard InChI is InChI=1S/C21H19ClN4O2/c1-13-10-14(2)26(24-13)12-15-4-6-16(7-5-15)21-23-20(25-28-21)18-11-17(22)8-9-19(18)27-3/h4-11H,12H2,1-3H3. The molecule has 2 heterocycles. The highest BCUT2D eigenvalue weighted by atomic mass is 35.5. The van der Waals surface area contributed by atoms with Gasteiger partial charge in [0.05, 0.1) is 24.9 Å². The zero-order valence-corrected chi connectivity index (χ0v) is 16.6. The van der Waals surface area contributed by atoms with Crippen molar-refractivity contribution < 1.29 is 9.26 Å². The summed E-state index contributed by atoms with van der Waals surface area (Å²) in [4.78, 5) is 4.50. The lowest BCUT2D eigenvalue weighted by atomic mass is 10.1. The molecule has 0 aliphatic rings. The summed E-state index contributed by atoms with van der Waals surface area (Å²) in [5.41, 5.74) is 4.83. The quantitative estimate of drug-likeness (QED) is 0.480. The molecule has 0 fully saturated rings. The smallest absolute Gasteiger partial charge is 0.258 e. The fourth-order valence-corrected chi connectivity index (χ4v) is 3.24. The molecule has 0 saturated heterocycles. The zero-order valence-electron chi connectivity index (χ0n) is 15.8. The van der Waals surface area contributed by atoms with Gasteiger partial charge in [-0.05, 0) is 55.8 Å². The van der Waals surface area contributed by atoms with Crippen LogP contribution in [-0.2, 0) is 6.54 Å². The van der Waals surface area contributed by atoms with Gasteiger partial charge in [0.15, 0.2) is 0 Å². The minimum atomic E-state index is 0.432. The van der Waals surface area contributed by atoms with Gasteiger partial charge < -0.3 is 9.26 Å². The van der Waals surface area contributed by atoms with Crippen LogP contribution in [0.4, 0.5) is 0 Å². The SMILES string of the molecule is COc1ccc(Cl)cc1-c1noc(-c2ccc(Cn3nc(C)cc3C)cc2)n1. The molecule has 0 unspecified atom stereocenters. The van der Waals surface area contributed by atoms with Crippen LogP contribution >= 0.6 is 11.6 Å². The van der Waals surface area contributed by atoms with Crippen LogP contribution in [0.3, 0.4) is 0 Å². The molecule has 0 atom stereocenters. The van der Waals surface area contributed by atoms with E-state index >= 15 is 0 Å². The molecule has 0 N–H and O–H groups in total. The maximum absolute atomic E-state index is 6.10. The largest absolute Gasteiger partial charge is 0.496 e. The third kappa shape index (κ3) is 3.64. The van der Waals surface area contributed by atoms with Gasteiger partial charge in [-0.3, -0.25) is 4.68 Å². The van der Waals surface area contributed by atoms with E-state index in [1.165, 1.54) is 0 Å². The second kappa shape index (κ2) is 7.48. The van der Waals surface area contributed by atoms with Gasteiger partial charge in [0.2, 0.25) is 5.82 Å². The van der Waals surface area contributed by atoms with E-state index in [2.05, 4.69) is 28.2 Å². The second-order valence-corrected chi connectivity index (χ2v) is 6.99. The monoisotopic (exact) mass is 394 g/mol. The molecule has 142 valence electrons. The molecular weight excluding hydrogens is 376 g/mol. The van der Waals surface area contributed by atoms with Gasteiger partial charge in [-0.1, -0.05) is 28.9 Å². The third-order valence-electron chi connectivity index (χ3n) is 4.47. The van der Waals surface area contributed by atoms with E-state index in [1.807, 2.05) is 35.9 Å². The maximum Gasteiger partial charge on any atom is 0.258 e. The summed E-state index contributed by atoms with van der Waals surface area (Å²) in [5, 5.41) is 9.16. The summed E-state index contributed by atoms with van der Waals surface area (Å²) >= 11 is 6.10. The lowest BCUT2D eigenvalue weighted by molar-refractivity contribution is 0.413. The molecule has 4 rings (SSSR count). The van der Waals surface area contributed by atoms with E-state index in [0.717, 1.165) is 29.1 Å². The highest BCUT2D eigenvalue weighted by molar-refractivity contribution is 6.30. The van der Waals surface area contributed by atoms with E-state index in [-0.39, 0.29) is 0 Å². The number of halogens is 1. The van der Waals surface area contributed by atoms with E-state index < -0.39 is 0 Å². The molecule has 7 heteroatoms. The molecule has 0 radical (unpaired) electrons. The molecule has 0 amide bonds. The number of aryl methyl sites for hydroxylation is 2. The lowest BCUT2D eigenvalue weighted by Gasteiger charge is -2.05. The van der Waals surface area contributed by atoms with Gasteiger partial charge in [-0.15, -0.1) is 0 Å². The summed E-state index contributed by atoms with van der Waals surface area (Å²) in [6.45, 7) is 4.77. The van der Waals surface area contributed by atoms with Crippen LogP contribution in [0.2, 0.25) is 5.02 Å². The van der Waals surface area contributed by atoms with Gasteiger partial charge in [-0.25, -0.2) is 0 Å². The first kappa shape index (κ1) is 18.3. The molecule has 2 aromatic carbocycles. The van der Waals surface area contributed by atoms with Crippen molar-refractivity contribution in [2.45, 2.75) is 20.4 Å². The number of hydrogen-bond acceptors (Lipinski definition) is 5. The minimum absolute atomic E-state index is 0.432. The summed E-state index contributed by atoms with van der Waals surface area (Å²) in [6.07, 6.45) is 0. The Balaban J connectivity index is 1.58. The first-order chi connectivity index (χ1) is 13.5. The first-order valence-corrected chi connectivity index (χ1v) is 9.19. The van der Waals surface area contributed by atoms with Crippen molar-refractivity contribution in [3.05, 3.63) is 70.5 Å². The first-order valence-electron chi connectivity index (χ1n) is 8.81. The van der Waals surface area contributed by atoms with Crippen LogP contribution < -0.4 is 4.74 Å². The van der Waals surface area contributed by atoms with Crippen molar-refractivity contribution in [2.75, 3.05) is 7.11 Å². The van der Waals surface area contributed by atoms with Crippen LogP contribution in [0.25, 0.3) is 22.8 Å². The van der Waals surface area contributed by atoms with E-state index in [0.29, 0.717) is 28.1 Å². The van der Waals surface area contributed by atoms with Crippen molar-refractivity contribution in [1.82, 2.24) is 19.9 Å². The van der Waals surface area contributed by atoms with Gasteiger partial charge in [0.25, 0.3) is 5.89 Å². The number of nitrogens with zero attached hydrogens (tertiary/aromatic N) is 4. The minimum Gasteiger partial charge on any atom is -0.496 e. The molecule has 0 saturated carbocycles. The molecular formula is C21H19ClN4O2. The summed E-state index contributed by atoms with van der Waals surface area (Å²) < 4.78 is 12.8. The number of aromatic nitrogens is 4. The Morgan fingerprint density at radius 2 is 1.86 bits per heavy atom. The molecule has 2 aromatic heterocycles. The van der Waals surface area contributed by atoms with Crippen LogP contribution in [-0.4, -0.2) is 27.0 Å². The molecule has 0 bridgehead atoms. The molecule has 0 spiro atoms. The Labute approximate surface area is 167 Å².